The summed E-state index contributed by atoms with van der Waals surface area (Å²) in [7, 11) is 0. The van der Waals surface area contributed by atoms with Crippen LogP contribution in [0.25, 0.3) is 10.2 Å². The SMILES string of the molecule is Clc1nc(NCc2ccc(Cl)s2)c2ccsc2n1. The number of hydrogen-bond acceptors (Lipinski definition) is 5. The molecule has 0 saturated carbocycles. The first-order valence-electron chi connectivity index (χ1n) is 5.11. The Labute approximate surface area is 121 Å². The molecule has 0 aliphatic heterocycles. The highest BCUT2D eigenvalue weighted by molar-refractivity contribution is 7.17. The molecule has 0 spiro atoms. The summed E-state index contributed by atoms with van der Waals surface area (Å²) >= 11 is 14.9. The quantitative estimate of drug-likeness (QED) is 0.713. The number of nitrogens with one attached hydrogen (secondary N) is 1. The van der Waals surface area contributed by atoms with Crippen molar-refractivity contribution >= 4 is 61.9 Å². The smallest absolute Gasteiger partial charge is 0.225 e. The lowest BCUT2D eigenvalue weighted by Crippen LogP contribution is -2.01. The maximum Gasteiger partial charge on any atom is 0.225 e. The second-order valence-electron chi connectivity index (χ2n) is 3.54. The van der Waals surface area contributed by atoms with Gasteiger partial charge in [-0.1, -0.05) is 11.6 Å². The molecule has 0 aliphatic rings. The van der Waals surface area contributed by atoms with Gasteiger partial charge in [0.25, 0.3) is 0 Å². The van der Waals surface area contributed by atoms with E-state index in [2.05, 4.69) is 15.3 Å². The first-order chi connectivity index (χ1) is 8.72. The van der Waals surface area contributed by atoms with Crippen LogP contribution in [0, 0.1) is 0 Å². The maximum absolute atomic E-state index is 5.89. The highest BCUT2D eigenvalue weighted by Crippen LogP contribution is 2.28. The van der Waals surface area contributed by atoms with E-state index in [0.717, 1.165) is 25.2 Å². The fourth-order valence-electron chi connectivity index (χ4n) is 1.58. The zero-order chi connectivity index (χ0) is 12.5. The van der Waals surface area contributed by atoms with Crippen molar-refractivity contribution < 1.29 is 0 Å². The molecule has 0 atom stereocenters. The molecule has 0 aliphatic carbocycles. The first-order valence-corrected chi connectivity index (χ1v) is 7.56. The number of nitrogens with zero attached hydrogens (tertiary/aromatic N) is 2. The molecule has 0 radical (unpaired) electrons. The van der Waals surface area contributed by atoms with Crippen molar-refractivity contribution in [2.75, 3.05) is 5.32 Å². The van der Waals surface area contributed by atoms with Crippen molar-refractivity contribution in [2.45, 2.75) is 6.54 Å². The van der Waals surface area contributed by atoms with E-state index in [0.29, 0.717) is 6.54 Å². The third-order valence-electron chi connectivity index (χ3n) is 2.36. The van der Waals surface area contributed by atoms with Crippen molar-refractivity contribution in [3.63, 3.8) is 0 Å². The molecule has 7 heteroatoms. The number of fused-ring (bicyclic) bond motifs is 1. The highest BCUT2D eigenvalue weighted by atomic mass is 35.5. The van der Waals surface area contributed by atoms with E-state index in [1.807, 2.05) is 23.6 Å². The Morgan fingerprint density at radius 2 is 2.06 bits per heavy atom. The summed E-state index contributed by atoms with van der Waals surface area (Å²) in [5.41, 5.74) is 0. The Balaban J connectivity index is 1.87. The van der Waals surface area contributed by atoms with Crippen molar-refractivity contribution in [1.82, 2.24) is 9.97 Å². The molecule has 0 fully saturated rings. The van der Waals surface area contributed by atoms with E-state index in [1.165, 1.54) is 0 Å². The molecule has 0 aromatic carbocycles. The minimum Gasteiger partial charge on any atom is -0.364 e. The van der Waals surface area contributed by atoms with Gasteiger partial charge < -0.3 is 5.32 Å². The van der Waals surface area contributed by atoms with E-state index >= 15 is 0 Å². The number of hydrogen-bond donors (Lipinski definition) is 1. The summed E-state index contributed by atoms with van der Waals surface area (Å²) in [6.45, 7) is 0.676. The lowest BCUT2D eigenvalue weighted by molar-refractivity contribution is 1.13. The topological polar surface area (TPSA) is 37.8 Å². The molecule has 3 aromatic rings. The first kappa shape index (κ1) is 12.2. The molecule has 3 heterocycles. The van der Waals surface area contributed by atoms with Crippen LogP contribution in [-0.2, 0) is 6.54 Å². The Morgan fingerprint density at radius 3 is 2.83 bits per heavy atom. The van der Waals surface area contributed by atoms with Gasteiger partial charge in [0, 0.05) is 4.88 Å². The largest absolute Gasteiger partial charge is 0.364 e. The number of aromatic nitrogens is 2. The normalized spacial score (nSPS) is 11.0. The van der Waals surface area contributed by atoms with Gasteiger partial charge in [-0.2, -0.15) is 0 Å². The van der Waals surface area contributed by atoms with Gasteiger partial charge in [0.2, 0.25) is 5.28 Å². The second-order valence-corrected chi connectivity index (χ2v) is 6.57. The van der Waals surface area contributed by atoms with Crippen molar-refractivity contribution in [2.24, 2.45) is 0 Å². The number of halogens is 2. The third-order valence-corrected chi connectivity index (χ3v) is 4.56. The van der Waals surface area contributed by atoms with Crippen LogP contribution in [0.3, 0.4) is 0 Å². The molecular formula is C11H7Cl2N3S2. The maximum atomic E-state index is 5.89. The standard InChI is InChI=1S/C11H7Cl2N3S2/c12-8-2-1-6(18-8)5-14-9-7-3-4-17-10(7)16-11(13)15-9/h1-4H,5H2,(H,14,15,16). The number of thiophene rings is 2. The number of anilines is 1. The Hall–Kier alpha value is -0.880. The van der Waals surface area contributed by atoms with Crippen molar-refractivity contribution in [3.8, 4) is 0 Å². The number of rotatable bonds is 3. The Bertz CT molecular complexity index is 692. The van der Waals surface area contributed by atoms with Crippen LogP contribution in [0.4, 0.5) is 5.82 Å². The van der Waals surface area contributed by atoms with E-state index in [-0.39, 0.29) is 5.28 Å². The molecule has 18 heavy (non-hydrogen) atoms. The highest BCUT2D eigenvalue weighted by Gasteiger charge is 2.08. The predicted octanol–water partition coefficient (Wildman–Crippen LogP) is 4.67. The Morgan fingerprint density at radius 1 is 1.17 bits per heavy atom. The summed E-state index contributed by atoms with van der Waals surface area (Å²) < 4.78 is 0.785. The summed E-state index contributed by atoms with van der Waals surface area (Å²) in [6.07, 6.45) is 0. The molecule has 3 rings (SSSR count). The molecule has 0 bridgehead atoms. The minimum absolute atomic E-state index is 0.261. The van der Waals surface area contributed by atoms with Gasteiger partial charge in [0.15, 0.2) is 0 Å². The molecule has 0 saturated heterocycles. The van der Waals surface area contributed by atoms with Gasteiger partial charge in [-0.15, -0.1) is 22.7 Å². The molecule has 1 N–H and O–H groups in total. The van der Waals surface area contributed by atoms with Gasteiger partial charge in [0.05, 0.1) is 16.3 Å². The molecule has 92 valence electrons. The second kappa shape index (κ2) is 5.01. The van der Waals surface area contributed by atoms with Crippen LogP contribution >= 0.6 is 45.9 Å². The van der Waals surface area contributed by atoms with Crippen molar-refractivity contribution in [3.05, 3.63) is 38.1 Å². The summed E-state index contributed by atoms with van der Waals surface area (Å²) in [5, 5.41) is 6.50. The van der Waals surface area contributed by atoms with Crippen LogP contribution in [0.5, 0.6) is 0 Å². The van der Waals surface area contributed by atoms with Crippen LogP contribution in [-0.4, -0.2) is 9.97 Å². The van der Waals surface area contributed by atoms with Crippen LogP contribution in [0.1, 0.15) is 4.88 Å². The van der Waals surface area contributed by atoms with Gasteiger partial charge in [-0.3, -0.25) is 0 Å². The van der Waals surface area contributed by atoms with E-state index in [4.69, 9.17) is 23.2 Å². The molecule has 3 nitrogen and oxygen atoms in total. The summed E-state index contributed by atoms with van der Waals surface area (Å²) in [4.78, 5) is 10.4. The van der Waals surface area contributed by atoms with E-state index in [9.17, 15) is 0 Å². The van der Waals surface area contributed by atoms with E-state index < -0.39 is 0 Å². The average Bonchev–Trinajstić information content (AvgIpc) is 2.94. The zero-order valence-electron chi connectivity index (χ0n) is 8.98. The average molecular weight is 316 g/mol. The third kappa shape index (κ3) is 2.44. The molecule has 0 amide bonds. The molecule has 0 unspecified atom stereocenters. The van der Waals surface area contributed by atoms with Crippen molar-refractivity contribution in [1.29, 1.82) is 0 Å². The minimum atomic E-state index is 0.261. The van der Waals surface area contributed by atoms with Crippen LogP contribution in [0.2, 0.25) is 9.62 Å². The van der Waals surface area contributed by atoms with Gasteiger partial charge in [-0.05, 0) is 35.2 Å². The Kier molecular flexibility index (Phi) is 3.39. The van der Waals surface area contributed by atoms with Crippen LogP contribution in [0.15, 0.2) is 23.6 Å². The summed E-state index contributed by atoms with van der Waals surface area (Å²) in [5.74, 6) is 0.760. The monoisotopic (exact) mass is 315 g/mol. The lowest BCUT2D eigenvalue weighted by Gasteiger charge is -2.05. The van der Waals surface area contributed by atoms with Crippen LogP contribution < -0.4 is 5.32 Å². The van der Waals surface area contributed by atoms with Gasteiger partial charge >= 0.3 is 0 Å². The molecular weight excluding hydrogens is 309 g/mol. The lowest BCUT2D eigenvalue weighted by atomic mass is 10.3. The van der Waals surface area contributed by atoms with Gasteiger partial charge in [-0.25, -0.2) is 9.97 Å². The fraction of sp³-hybridized carbons (Fsp3) is 0.0909. The molecule has 3 aromatic heterocycles. The summed E-state index contributed by atoms with van der Waals surface area (Å²) in [6, 6.07) is 5.87. The predicted molar refractivity (Wildman–Crippen MR) is 79.1 cm³/mol. The van der Waals surface area contributed by atoms with Gasteiger partial charge in [0.1, 0.15) is 10.6 Å². The zero-order valence-corrected chi connectivity index (χ0v) is 12.1. The van der Waals surface area contributed by atoms with E-state index in [1.54, 1.807) is 22.7 Å². The fourth-order valence-corrected chi connectivity index (χ4v) is 3.59.